The molecule has 168 valence electrons. The molecule has 0 radical (unpaired) electrons. The van der Waals surface area contributed by atoms with Crippen molar-refractivity contribution in [1.82, 2.24) is 24.9 Å². The molecule has 0 amide bonds. The molecular weight excluding hydrogens is 442 g/mol. The third-order valence-electron chi connectivity index (χ3n) is 6.35. The Morgan fingerprint density at radius 1 is 0.389 bits per heavy atom. The maximum atomic E-state index is 5.07. The van der Waals surface area contributed by atoms with E-state index in [4.69, 9.17) is 19.9 Å². The van der Waals surface area contributed by atoms with Gasteiger partial charge in [-0.3, -0.25) is 4.98 Å². The number of pyridine rings is 2. The lowest BCUT2D eigenvalue weighted by molar-refractivity contribution is 1.06. The van der Waals surface area contributed by atoms with E-state index < -0.39 is 0 Å². The van der Waals surface area contributed by atoms with Crippen molar-refractivity contribution in [1.29, 1.82) is 0 Å². The topological polar surface area (TPSA) is 64.5 Å². The molecule has 36 heavy (non-hydrogen) atoms. The first-order valence-electron chi connectivity index (χ1n) is 11.8. The summed E-state index contributed by atoms with van der Waals surface area (Å²) in [5.74, 6) is 1.78. The summed E-state index contributed by atoms with van der Waals surface area (Å²) >= 11 is 0. The molecule has 7 rings (SSSR count). The van der Waals surface area contributed by atoms with Gasteiger partial charge in [-0.25, -0.2) is 19.9 Å². The van der Waals surface area contributed by atoms with Crippen LogP contribution in [-0.2, 0) is 0 Å². The van der Waals surface area contributed by atoms with Gasteiger partial charge in [0.2, 0.25) is 0 Å². The fraction of sp³-hybridized carbons (Fsp3) is 0. The molecule has 3 heterocycles. The van der Waals surface area contributed by atoms with Crippen LogP contribution in [0.3, 0.4) is 0 Å². The van der Waals surface area contributed by atoms with Gasteiger partial charge in [0, 0.05) is 38.9 Å². The predicted molar refractivity (Wildman–Crippen MR) is 144 cm³/mol. The van der Waals surface area contributed by atoms with E-state index in [-0.39, 0.29) is 0 Å². The van der Waals surface area contributed by atoms with E-state index in [9.17, 15) is 0 Å². The Balaban J connectivity index is 1.47. The molecule has 3 aromatic heterocycles. The Hall–Kier alpha value is -5.03. The summed E-state index contributed by atoms with van der Waals surface area (Å²) in [7, 11) is 0. The Morgan fingerprint density at radius 2 is 0.944 bits per heavy atom. The van der Waals surface area contributed by atoms with Gasteiger partial charge >= 0.3 is 0 Å². The number of nitrogens with zero attached hydrogens (tertiary/aromatic N) is 5. The minimum atomic E-state index is 0.542. The average Bonchev–Trinajstić information content (AvgIpc) is 2.97. The Morgan fingerprint density at radius 3 is 1.61 bits per heavy atom. The molecule has 0 saturated heterocycles. The maximum Gasteiger partial charge on any atom is 0.182 e. The average molecular weight is 462 g/mol. The normalized spacial score (nSPS) is 11.3. The second-order valence-corrected chi connectivity index (χ2v) is 8.61. The molecule has 5 heteroatoms. The zero-order valence-corrected chi connectivity index (χ0v) is 19.2. The lowest BCUT2D eigenvalue weighted by atomic mass is 10.0. The van der Waals surface area contributed by atoms with Crippen LogP contribution in [0.4, 0.5) is 0 Å². The lowest BCUT2D eigenvalue weighted by Crippen LogP contribution is -2.01. The highest BCUT2D eigenvalue weighted by atomic mass is 15.0. The summed E-state index contributed by atoms with van der Waals surface area (Å²) in [5, 5.41) is 4.30. The van der Waals surface area contributed by atoms with Crippen molar-refractivity contribution in [3.05, 3.63) is 115 Å². The highest BCUT2D eigenvalue weighted by Gasteiger charge is 2.14. The van der Waals surface area contributed by atoms with Crippen LogP contribution in [0.1, 0.15) is 0 Å². The van der Waals surface area contributed by atoms with Gasteiger partial charge in [-0.05, 0) is 12.1 Å². The molecule has 0 atom stereocenters. The van der Waals surface area contributed by atoms with E-state index in [0.29, 0.717) is 23.2 Å². The van der Waals surface area contributed by atoms with Crippen molar-refractivity contribution in [2.24, 2.45) is 0 Å². The summed E-state index contributed by atoms with van der Waals surface area (Å²) in [6.07, 6.45) is 1.83. The molecule has 0 N–H and O–H groups in total. The SMILES string of the molecule is c1ccc(-c2nc(-c3ccccc3)nc(-c3ccc4ccc5c(ccc6cccnc65)c4n3)n2)cc1. The van der Waals surface area contributed by atoms with Crippen LogP contribution in [0.2, 0.25) is 0 Å². The molecule has 0 unspecified atom stereocenters. The lowest BCUT2D eigenvalue weighted by Gasteiger charge is -2.10. The number of rotatable bonds is 3. The molecule has 0 fully saturated rings. The predicted octanol–water partition coefficient (Wildman–Crippen LogP) is 7.12. The number of hydrogen-bond acceptors (Lipinski definition) is 5. The van der Waals surface area contributed by atoms with Gasteiger partial charge in [-0.15, -0.1) is 0 Å². The second kappa shape index (κ2) is 8.32. The molecule has 0 aliphatic carbocycles. The van der Waals surface area contributed by atoms with Crippen molar-refractivity contribution >= 4 is 32.6 Å². The van der Waals surface area contributed by atoms with Crippen LogP contribution in [0.5, 0.6) is 0 Å². The highest BCUT2D eigenvalue weighted by Crippen LogP contribution is 2.31. The first kappa shape index (κ1) is 20.4. The minimum Gasteiger partial charge on any atom is -0.256 e. The van der Waals surface area contributed by atoms with E-state index in [0.717, 1.165) is 43.7 Å². The highest BCUT2D eigenvalue weighted by molar-refractivity contribution is 6.14. The maximum absolute atomic E-state index is 5.07. The van der Waals surface area contributed by atoms with E-state index in [1.165, 1.54) is 0 Å². The van der Waals surface area contributed by atoms with Gasteiger partial charge < -0.3 is 0 Å². The summed E-state index contributed by atoms with van der Waals surface area (Å²) < 4.78 is 0. The fourth-order valence-corrected chi connectivity index (χ4v) is 4.58. The molecule has 0 bridgehead atoms. The first-order chi connectivity index (χ1) is 17.8. The number of benzene rings is 4. The molecule has 0 spiro atoms. The molecular formula is C31H19N5. The van der Waals surface area contributed by atoms with Crippen molar-refractivity contribution in [3.63, 3.8) is 0 Å². The van der Waals surface area contributed by atoms with Crippen molar-refractivity contribution in [3.8, 4) is 34.3 Å². The molecule has 5 nitrogen and oxygen atoms in total. The Kier molecular flexibility index (Phi) is 4.71. The third kappa shape index (κ3) is 3.46. The first-order valence-corrected chi connectivity index (χ1v) is 11.8. The van der Waals surface area contributed by atoms with Gasteiger partial charge in [-0.1, -0.05) is 97.1 Å². The van der Waals surface area contributed by atoms with E-state index in [2.05, 4.69) is 41.4 Å². The Labute approximate surface area is 207 Å². The van der Waals surface area contributed by atoms with Gasteiger partial charge in [0.1, 0.15) is 5.69 Å². The summed E-state index contributed by atoms with van der Waals surface area (Å²) in [6.45, 7) is 0. The van der Waals surface area contributed by atoms with Gasteiger partial charge in [-0.2, -0.15) is 0 Å². The monoisotopic (exact) mass is 461 g/mol. The van der Waals surface area contributed by atoms with Crippen molar-refractivity contribution in [2.45, 2.75) is 0 Å². The summed E-state index contributed by atoms with van der Waals surface area (Å²) in [4.78, 5) is 24.2. The molecule has 0 aliphatic heterocycles. The zero-order chi connectivity index (χ0) is 23.9. The van der Waals surface area contributed by atoms with E-state index >= 15 is 0 Å². The van der Waals surface area contributed by atoms with E-state index in [1.54, 1.807) is 0 Å². The van der Waals surface area contributed by atoms with Crippen LogP contribution < -0.4 is 0 Å². The van der Waals surface area contributed by atoms with Crippen LogP contribution in [0, 0.1) is 0 Å². The summed E-state index contributed by atoms with van der Waals surface area (Å²) in [6, 6.07) is 36.5. The number of aromatic nitrogens is 5. The largest absolute Gasteiger partial charge is 0.256 e. The van der Waals surface area contributed by atoms with Crippen molar-refractivity contribution in [2.75, 3.05) is 0 Å². The molecule has 4 aromatic carbocycles. The van der Waals surface area contributed by atoms with Crippen LogP contribution in [-0.4, -0.2) is 24.9 Å². The van der Waals surface area contributed by atoms with Crippen LogP contribution >= 0.6 is 0 Å². The standard InChI is InChI=1S/C31H19N5/c1-3-8-22(9-4-1)29-34-30(23-10-5-2-6-11-23)36-31(35-29)26-18-15-21-14-16-24-25(28(21)33-26)17-13-20-12-7-19-32-27(20)24/h1-19H. The Bertz CT molecular complexity index is 1830. The number of hydrogen-bond donors (Lipinski definition) is 0. The van der Waals surface area contributed by atoms with Crippen molar-refractivity contribution < 1.29 is 0 Å². The number of fused-ring (bicyclic) bond motifs is 5. The molecule has 0 aliphatic rings. The third-order valence-corrected chi connectivity index (χ3v) is 6.35. The molecule has 7 aromatic rings. The quantitative estimate of drug-likeness (QED) is 0.262. The molecule has 0 saturated carbocycles. The second-order valence-electron chi connectivity index (χ2n) is 8.61. The van der Waals surface area contributed by atoms with Crippen LogP contribution in [0.25, 0.3) is 66.9 Å². The van der Waals surface area contributed by atoms with Crippen LogP contribution in [0.15, 0.2) is 115 Å². The van der Waals surface area contributed by atoms with E-state index in [1.807, 2.05) is 79.0 Å². The zero-order valence-electron chi connectivity index (χ0n) is 19.2. The fourth-order valence-electron chi connectivity index (χ4n) is 4.58. The smallest absolute Gasteiger partial charge is 0.182 e. The minimum absolute atomic E-state index is 0.542. The summed E-state index contributed by atoms with van der Waals surface area (Å²) in [5.41, 5.74) is 4.44. The van der Waals surface area contributed by atoms with Gasteiger partial charge in [0.25, 0.3) is 0 Å². The van der Waals surface area contributed by atoms with Gasteiger partial charge in [0.15, 0.2) is 17.5 Å². The van der Waals surface area contributed by atoms with Gasteiger partial charge in [0.05, 0.1) is 11.0 Å².